The van der Waals surface area contributed by atoms with E-state index in [4.69, 9.17) is 20.6 Å². The Balaban J connectivity index is 4.06. The van der Waals surface area contributed by atoms with Gasteiger partial charge in [0.1, 0.15) is 0 Å². The molecule has 0 aliphatic rings. The summed E-state index contributed by atoms with van der Waals surface area (Å²) in [5.41, 5.74) is 0. The van der Waals surface area contributed by atoms with Crippen LogP contribution >= 0.6 is 0 Å². The fourth-order valence-electron chi connectivity index (χ4n) is 1.55. The lowest BCUT2D eigenvalue weighted by atomic mass is 11.8. The monoisotopic (exact) mass is 398 g/mol. The molecule has 0 aromatic carbocycles. The van der Waals surface area contributed by atoms with Crippen LogP contribution in [0.25, 0.3) is 0 Å². The van der Waals surface area contributed by atoms with E-state index >= 15 is 0 Å². The minimum Gasteiger partial charge on any atom is -0.436 e. The molecule has 0 aromatic rings. The van der Waals surface area contributed by atoms with Crippen LogP contribution < -0.4 is 0 Å². The summed E-state index contributed by atoms with van der Waals surface area (Å²) in [6.07, 6.45) is 0. The topological polar surface area (TPSA) is 46.2 Å². The van der Waals surface area contributed by atoms with Crippen LogP contribution in [0.15, 0.2) is 0 Å². The minimum absolute atomic E-state index is 1.22. The average molecular weight is 399 g/mol. The van der Waals surface area contributed by atoms with Crippen LogP contribution in [0, 0.1) is 0 Å². The van der Waals surface area contributed by atoms with Crippen molar-refractivity contribution in [2.45, 2.75) is 65.5 Å². The third kappa shape index (κ3) is 14.4. The predicted molar refractivity (Wildman–Crippen MR) is 98.6 cm³/mol. The number of hydrogen-bond donors (Lipinski definition) is 0. The standard InChI is InChI=1S/C10H30O5Si6/c1-16(12-18(3)14-20(5,6)7)11-17(2)13-19(4)15-21(8,9)10/h1-10H3. The van der Waals surface area contributed by atoms with E-state index in [-0.39, 0.29) is 0 Å². The van der Waals surface area contributed by atoms with Crippen molar-refractivity contribution in [3.63, 3.8) is 0 Å². The molecule has 0 aromatic heterocycles. The van der Waals surface area contributed by atoms with Gasteiger partial charge in [0.15, 0.2) is 16.6 Å². The normalized spacial score (nSPS) is 14.0. The van der Waals surface area contributed by atoms with Crippen molar-refractivity contribution in [1.82, 2.24) is 0 Å². The van der Waals surface area contributed by atoms with Gasteiger partial charge >= 0.3 is 37.1 Å². The molecule has 11 heteroatoms. The van der Waals surface area contributed by atoms with Crippen molar-refractivity contribution >= 4 is 53.8 Å². The van der Waals surface area contributed by atoms with Crippen molar-refractivity contribution in [1.29, 1.82) is 0 Å². The lowest BCUT2D eigenvalue weighted by Crippen LogP contribution is -2.43. The van der Waals surface area contributed by atoms with Crippen LogP contribution in [0.4, 0.5) is 0 Å². The molecule has 0 fully saturated rings. The molecule has 0 amide bonds. The quantitative estimate of drug-likeness (QED) is 0.529. The molecule has 0 spiro atoms. The van der Waals surface area contributed by atoms with Gasteiger partial charge in [-0.2, -0.15) is 0 Å². The first-order valence-electron chi connectivity index (χ1n) is 7.04. The smallest absolute Gasteiger partial charge is 0.362 e. The molecule has 0 heterocycles. The molecule has 0 saturated heterocycles. The maximum Gasteiger partial charge on any atom is 0.362 e. The van der Waals surface area contributed by atoms with Crippen LogP contribution in [0.5, 0.6) is 0 Å². The third-order valence-corrected chi connectivity index (χ3v) is 15.9. The summed E-state index contributed by atoms with van der Waals surface area (Å²) >= 11 is 0. The molecule has 21 heavy (non-hydrogen) atoms. The fraction of sp³-hybridized carbons (Fsp3) is 1.00. The van der Waals surface area contributed by atoms with Crippen LogP contribution in [-0.4, -0.2) is 53.8 Å². The van der Waals surface area contributed by atoms with Gasteiger partial charge < -0.3 is 20.6 Å². The Bertz CT molecular complexity index is 267. The summed E-state index contributed by atoms with van der Waals surface area (Å²) < 4.78 is 29.6. The average Bonchev–Trinajstić information content (AvgIpc) is 2.07. The molecule has 0 saturated carbocycles. The molecule has 124 valence electrons. The van der Waals surface area contributed by atoms with E-state index in [1.165, 1.54) is 0 Å². The summed E-state index contributed by atoms with van der Waals surface area (Å²) in [7, 11) is -8.13. The van der Waals surface area contributed by atoms with E-state index in [0.717, 1.165) is 0 Å². The molecule has 0 bridgehead atoms. The first-order valence-corrected chi connectivity index (χ1v) is 21.1. The number of hydrogen-bond acceptors (Lipinski definition) is 5. The zero-order chi connectivity index (χ0) is 16.8. The summed E-state index contributed by atoms with van der Waals surface area (Å²) in [6.45, 7) is 21.1. The molecule has 0 aliphatic carbocycles. The summed E-state index contributed by atoms with van der Waals surface area (Å²) in [6, 6.07) is 0. The van der Waals surface area contributed by atoms with Gasteiger partial charge in [0.2, 0.25) is 0 Å². The summed E-state index contributed by atoms with van der Waals surface area (Å²) in [5, 5.41) is 0. The van der Waals surface area contributed by atoms with E-state index in [9.17, 15) is 0 Å². The van der Waals surface area contributed by atoms with E-state index < -0.39 is 53.8 Å². The molecular weight excluding hydrogens is 369 g/mol. The number of rotatable bonds is 10. The second-order valence-electron chi connectivity index (χ2n) is 6.70. The third-order valence-electron chi connectivity index (χ3n) is 1.76. The van der Waals surface area contributed by atoms with E-state index in [0.29, 0.717) is 0 Å². The van der Waals surface area contributed by atoms with Gasteiger partial charge in [0, 0.05) is 0 Å². The predicted octanol–water partition coefficient (Wildman–Crippen LogP) is 3.21. The van der Waals surface area contributed by atoms with Crippen molar-refractivity contribution in [2.75, 3.05) is 0 Å². The first kappa shape index (κ1) is 22.1. The molecule has 0 atom stereocenters. The largest absolute Gasteiger partial charge is 0.436 e. The molecule has 0 unspecified atom stereocenters. The lowest BCUT2D eigenvalue weighted by Gasteiger charge is -2.26. The Labute approximate surface area is 139 Å². The summed E-state index contributed by atoms with van der Waals surface area (Å²) in [4.78, 5) is 0. The molecular formula is C10H30O5Si6. The van der Waals surface area contributed by atoms with Gasteiger partial charge in [-0.15, -0.1) is 0 Å². The zero-order valence-corrected chi connectivity index (χ0v) is 21.0. The van der Waals surface area contributed by atoms with E-state index in [1.54, 1.807) is 0 Å². The van der Waals surface area contributed by atoms with Gasteiger partial charge in [0.05, 0.1) is 0 Å². The van der Waals surface area contributed by atoms with Crippen molar-refractivity contribution in [3.05, 3.63) is 0 Å². The Hall–Kier alpha value is 1.10. The SMILES string of the molecule is C[Si](O[Si](C)O[Si](C)O[Si](C)(C)C)O[Si](C)O[Si](C)(C)C. The Kier molecular flexibility index (Phi) is 9.90. The Morgan fingerprint density at radius 1 is 0.476 bits per heavy atom. The molecule has 5 nitrogen and oxygen atoms in total. The highest BCUT2D eigenvalue weighted by atomic mass is 28.5. The van der Waals surface area contributed by atoms with Gasteiger partial charge in [0.25, 0.3) is 0 Å². The van der Waals surface area contributed by atoms with Crippen LogP contribution in [0.2, 0.25) is 65.5 Å². The summed E-state index contributed by atoms with van der Waals surface area (Å²) in [5.74, 6) is 0. The van der Waals surface area contributed by atoms with Crippen molar-refractivity contribution in [3.8, 4) is 0 Å². The molecule has 4 radical (unpaired) electrons. The van der Waals surface area contributed by atoms with E-state index in [2.05, 4.69) is 39.3 Å². The maximum absolute atomic E-state index is 5.96. The second-order valence-corrected chi connectivity index (χ2v) is 23.2. The van der Waals surface area contributed by atoms with Gasteiger partial charge in [-0.25, -0.2) is 0 Å². The molecule has 0 N–H and O–H groups in total. The highest BCUT2D eigenvalue weighted by Crippen LogP contribution is 2.09. The Morgan fingerprint density at radius 3 is 0.952 bits per heavy atom. The van der Waals surface area contributed by atoms with Gasteiger partial charge in [-0.1, -0.05) is 0 Å². The van der Waals surface area contributed by atoms with Gasteiger partial charge in [-0.05, 0) is 65.5 Å². The Morgan fingerprint density at radius 2 is 0.714 bits per heavy atom. The lowest BCUT2D eigenvalue weighted by molar-refractivity contribution is 0.334. The van der Waals surface area contributed by atoms with Crippen LogP contribution in [-0.2, 0) is 20.6 Å². The molecule has 0 aliphatic heterocycles. The minimum atomic E-state index is -1.53. The van der Waals surface area contributed by atoms with Crippen molar-refractivity contribution in [2.24, 2.45) is 0 Å². The van der Waals surface area contributed by atoms with Crippen LogP contribution in [0.3, 0.4) is 0 Å². The highest BCUT2D eigenvalue weighted by molar-refractivity contribution is 6.78. The first-order chi connectivity index (χ1) is 9.28. The van der Waals surface area contributed by atoms with Crippen molar-refractivity contribution < 1.29 is 20.6 Å². The second kappa shape index (κ2) is 9.41. The maximum atomic E-state index is 5.96. The molecule has 0 rings (SSSR count). The van der Waals surface area contributed by atoms with Crippen LogP contribution in [0.1, 0.15) is 0 Å². The highest BCUT2D eigenvalue weighted by Gasteiger charge is 2.28. The van der Waals surface area contributed by atoms with Gasteiger partial charge in [-0.3, -0.25) is 0 Å². The zero-order valence-electron chi connectivity index (χ0n) is 15.0. The fourth-order valence-corrected chi connectivity index (χ4v) is 15.5. The van der Waals surface area contributed by atoms with E-state index in [1.807, 2.05) is 26.2 Å².